The van der Waals surface area contributed by atoms with E-state index >= 15 is 0 Å². The summed E-state index contributed by atoms with van der Waals surface area (Å²) in [6, 6.07) is 12.4. The van der Waals surface area contributed by atoms with Gasteiger partial charge in [-0.1, -0.05) is 18.2 Å². The second kappa shape index (κ2) is 8.90. The van der Waals surface area contributed by atoms with Crippen LogP contribution < -0.4 is 4.74 Å². The molecule has 1 fully saturated rings. The molecule has 3 rings (SSSR count). The fourth-order valence-electron chi connectivity index (χ4n) is 3.19. The number of alkyl halides is 2. The molecule has 1 aliphatic rings. The normalized spacial score (nSPS) is 15.9. The van der Waals surface area contributed by atoms with Gasteiger partial charge in [0.15, 0.2) is 0 Å². The maximum absolute atomic E-state index is 12.5. The Balaban J connectivity index is 1.60. The molecule has 0 atom stereocenters. The van der Waals surface area contributed by atoms with Crippen molar-refractivity contribution in [2.24, 2.45) is 0 Å². The molecular formula is C20H23F2N3O2. The van der Waals surface area contributed by atoms with Crippen LogP contribution in [0.4, 0.5) is 8.78 Å². The molecule has 1 amide bonds. The molecule has 0 radical (unpaired) electrons. The number of hydrogen-bond acceptors (Lipinski definition) is 4. The quantitative estimate of drug-likeness (QED) is 0.778. The third-order valence-corrected chi connectivity index (χ3v) is 4.51. The van der Waals surface area contributed by atoms with E-state index in [1.807, 2.05) is 31.2 Å². The number of aromatic nitrogens is 1. The second-order valence-corrected chi connectivity index (χ2v) is 6.64. The number of benzene rings is 1. The van der Waals surface area contributed by atoms with Crippen molar-refractivity contribution in [2.75, 3.05) is 19.6 Å². The van der Waals surface area contributed by atoms with Gasteiger partial charge >= 0.3 is 6.61 Å². The van der Waals surface area contributed by atoms with Crippen LogP contribution in [-0.4, -0.2) is 46.9 Å². The Morgan fingerprint density at radius 3 is 2.70 bits per heavy atom. The van der Waals surface area contributed by atoms with E-state index in [4.69, 9.17) is 0 Å². The lowest BCUT2D eigenvalue weighted by molar-refractivity contribution is -0.131. The number of nitrogens with zero attached hydrogens (tertiary/aromatic N) is 3. The molecule has 0 unspecified atom stereocenters. The van der Waals surface area contributed by atoms with Crippen molar-refractivity contribution in [1.29, 1.82) is 0 Å². The first-order valence-corrected chi connectivity index (χ1v) is 8.96. The van der Waals surface area contributed by atoms with Gasteiger partial charge in [-0.05, 0) is 36.8 Å². The van der Waals surface area contributed by atoms with Gasteiger partial charge in [-0.25, -0.2) is 0 Å². The Labute approximate surface area is 157 Å². The third kappa shape index (κ3) is 5.72. The van der Waals surface area contributed by atoms with Crippen LogP contribution in [-0.2, 0) is 17.9 Å². The van der Waals surface area contributed by atoms with Crippen molar-refractivity contribution >= 4 is 5.91 Å². The zero-order valence-corrected chi connectivity index (χ0v) is 15.3. The summed E-state index contributed by atoms with van der Waals surface area (Å²) < 4.78 is 29.2. The van der Waals surface area contributed by atoms with Crippen LogP contribution in [0, 0.1) is 6.92 Å². The zero-order chi connectivity index (χ0) is 19.2. The fraction of sp³-hybridized carbons (Fsp3) is 0.400. The molecule has 1 aliphatic heterocycles. The summed E-state index contributed by atoms with van der Waals surface area (Å²) in [4.78, 5) is 21.0. The van der Waals surface area contributed by atoms with Gasteiger partial charge in [-0.3, -0.25) is 14.7 Å². The van der Waals surface area contributed by atoms with E-state index < -0.39 is 6.61 Å². The van der Waals surface area contributed by atoms with Gasteiger partial charge in [0.05, 0.1) is 5.69 Å². The number of pyridine rings is 1. The van der Waals surface area contributed by atoms with Crippen LogP contribution in [0.1, 0.15) is 23.4 Å². The molecule has 0 N–H and O–H groups in total. The highest BCUT2D eigenvalue weighted by atomic mass is 19.3. The van der Waals surface area contributed by atoms with Gasteiger partial charge in [0.2, 0.25) is 5.91 Å². The summed E-state index contributed by atoms with van der Waals surface area (Å²) in [7, 11) is 0. The summed E-state index contributed by atoms with van der Waals surface area (Å²) >= 11 is 0. The molecule has 0 spiro atoms. The average Bonchev–Trinajstić information content (AvgIpc) is 2.78. The lowest BCUT2D eigenvalue weighted by Gasteiger charge is -2.22. The molecule has 0 aliphatic carbocycles. The maximum Gasteiger partial charge on any atom is 0.387 e. The Kier molecular flexibility index (Phi) is 6.34. The second-order valence-electron chi connectivity index (χ2n) is 6.64. The highest BCUT2D eigenvalue weighted by Gasteiger charge is 2.21. The van der Waals surface area contributed by atoms with Crippen LogP contribution in [0.2, 0.25) is 0 Å². The Morgan fingerprint density at radius 2 is 1.93 bits per heavy atom. The maximum atomic E-state index is 12.5. The molecule has 5 nitrogen and oxygen atoms in total. The van der Waals surface area contributed by atoms with E-state index in [1.165, 1.54) is 6.07 Å². The number of rotatable bonds is 6. The fourth-order valence-corrected chi connectivity index (χ4v) is 3.19. The minimum Gasteiger partial charge on any atom is -0.435 e. The number of carbonyl (C=O) groups is 1. The minimum atomic E-state index is -2.86. The monoisotopic (exact) mass is 375 g/mol. The Hall–Kier alpha value is -2.54. The van der Waals surface area contributed by atoms with Crippen molar-refractivity contribution in [3.8, 4) is 5.75 Å². The molecule has 7 heteroatoms. The van der Waals surface area contributed by atoms with E-state index in [1.54, 1.807) is 17.0 Å². The number of aryl methyl sites for hydroxylation is 1. The highest BCUT2D eigenvalue weighted by Crippen LogP contribution is 2.18. The molecule has 1 saturated heterocycles. The van der Waals surface area contributed by atoms with Gasteiger partial charge in [0.25, 0.3) is 0 Å². The number of hydrogen-bond donors (Lipinski definition) is 0. The molecule has 2 aromatic rings. The van der Waals surface area contributed by atoms with Crippen molar-refractivity contribution in [3.05, 3.63) is 59.4 Å². The average molecular weight is 375 g/mol. The van der Waals surface area contributed by atoms with Gasteiger partial charge in [0, 0.05) is 44.8 Å². The van der Waals surface area contributed by atoms with E-state index in [2.05, 4.69) is 14.6 Å². The first kappa shape index (κ1) is 19.2. The molecule has 144 valence electrons. The first-order valence-electron chi connectivity index (χ1n) is 8.96. The Morgan fingerprint density at radius 1 is 1.11 bits per heavy atom. The van der Waals surface area contributed by atoms with Crippen LogP contribution in [0.3, 0.4) is 0 Å². The third-order valence-electron chi connectivity index (χ3n) is 4.51. The lowest BCUT2D eigenvalue weighted by atomic mass is 10.2. The van der Waals surface area contributed by atoms with Crippen LogP contribution in [0.5, 0.6) is 5.75 Å². The summed E-state index contributed by atoms with van der Waals surface area (Å²) in [6.45, 7) is 2.21. The molecular weight excluding hydrogens is 352 g/mol. The SMILES string of the molecule is Cc1cccc(CN2CCC(=O)N(Cc3cccc(OC(F)F)c3)CC2)n1. The smallest absolute Gasteiger partial charge is 0.387 e. The summed E-state index contributed by atoms with van der Waals surface area (Å²) in [5.74, 6) is 0.173. The lowest BCUT2D eigenvalue weighted by Crippen LogP contribution is -2.32. The van der Waals surface area contributed by atoms with Crippen LogP contribution >= 0.6 is 0 Å². The summed E-state index contributed by atoms with van der Waals surface area (Å²) in [5.41, 5.74) is 2.74. The number of halogens is 2. The topological polar surface area (TPSA) is 45.7 Å². The number of amides is 1. The summed E-state index contributed by atoms with van der Waals surface area (Å²) in [5, 5.41) is 0. The van der Waals surface area contributed by atoms with Crippen molar-refractivity contribution in [3.63, 3.8) is 0 Å². The molecule has 0 bridgehead atoms. The van der Waals surface area contributed by atoms with E-state index in [-0.39, 0.29) is 11.7 Å². The van der Waals surface area contributed by atoms with Gasteiger partial charge in [-0.15, -0.1) is 0 Å². The molecule has 1 aromatic heterocycles. The molecule has 27 heavy (non-hydrogen) atoms. The number of carbonyl (C=O) groups excluding carboxylic acids is 1. The Bertz CT molecular complexity index is 785. The van der Waals surface area contributed by atoms with Crippen molar-refractivity contribution < 1.29 is 18.3 Å². The standard InChI is InChI=1S/C20H23F2N3O2/c1-15-4-2-6-17(23-15)14-24-9-8-19(26)25(11-10-24)13-16-5-3-7-18(12-16)27-20(21)22/h2-7,12,20H,8-11,13-14H2,1H3. The minimum absolute atomic E-state index is 0.0647. The van der Waals surface area contributed by atoms with Gasteiger partial charge in [-0.2, -0.15) is 8.78 Å². The van der Waals surface area contributed by atoms with E-state index in [0.717, 1.165) is 23.5 Å². The summed E-state index contributed by atoms with van der Waals surface area (Å²) in [6.07, 6.45) is 0.430. The van der Waals surface area contributed by atoms with E-state index in [0.29, 0.717) is 32.6 Å². The first-order chi connectivity index (χ1) is 13.0. The molecule has 0 saturated carbocycles. The largest absolute Gasteiger partial charge is 0.435 e. The predicted molar refractivity (Wildman–Crippen MR) is 97.4 cm³/mol. The molecule has 2 heterocycles. The van der Waals surface area contributed by atoms with Crippen LogP contribution in [0.25, 0.3) is 0 Å². The van der Waals surface area contributed by atoms with E-state index in [9.17, 15) is 13.6 Å². The number of ether oxygens (including phenoxy) is 1. The highest BCUT2D eigenvalue weighted by molar-refractivity contribution is 5.76. The van der Waals surface area contributed by atoms with Gasteiger partial charge < -0.3 is 9.64 Å². The van der Waals surface area contributed by atoms with Crippen molar-refractivity contribution in [1.82, 2.24) is 14.8 Å². The van der Waals surface area contributed by atoms with Crippen LogP contribution in [0.15, 0.2) is 42.5 Å². The molecule has 1 aromatic carbocycles. The predicted octanol–water partition coefficient (Wildman–Crippen LogP) is 3.23. The zero-order valence-electron chi connectivity index (χ0n) is 15.3. The van der Waals surface area contributed by atoms with Crippen molar-refractivity contribution in [2.45, 2.75) is 33.0 Å². The van der Waals surface area contributed by atoms with Gasteiger partial charge in [0.1, 0.15) is 5.75 Å².